The van der Waals surface area contributed by atoms with E-state index in [0.717, 1.165) is 16.7 Å². The van der Waals surface area contributed by atoms with Gasteiger partial charge in [0.25, 0.3) is 5.91 Å². The van der Waals surface area contributed by atoms with E-state index < -0.39 is 6.04 Å². The molecule has 2 aliphatic rings. The van der Waals surface area contributed by atoms with E-state index in [1.54, 1.807) is 23.2 Å². The molecule has 2 heterocycles. The topological polar surface area (TPSA) is 93.6 Å². The minimum absolute atomic E-state index is 0.0557. The van der Waals surface area contributed by atoms with Crippen LogP contribution in [-0.4, -0.2) is 39.2 Å². The van der Waals surface area contributed by atoms with Crippen molar-refractivity contribution < 1.29 is 23.9 Å². The second-order valence-corrected chi connectivity index (χ2v) is 9.29. The first-order chi connectivity index (χ1) is 17.5. The average molecular weight is 483 g/mol. The fourth-order valence-corrected chi connectivity index (χ4v) is 4.84. The van der Waals surface area contributed by atoms with Crippen LogP contribution < -0.4 is 4.74 Å². The highest BCUT2D eigenvalue weighted by atomic mass is 16.5. The number of amides is 1. The highest BCUT2D eigenvalue weighted by Crippen LogP contribution is 2.30. The van der Waals surface area contributed by atoms with Crippen LogP contribution in [0, 0.1) is 0 Å². The van der Waals surface area contributed by atoms with Crippen molar-refractivity contribution in [3.63, 3.8) is 0 Å². The minimum Gasteiger partial charge on any atom is -0.439 e. The van der Waals surface area contributed by atoms with Gasteiger partial charge in [-0.15, -0.1) is 0 Å². The molecule has 0 radical (unpaired) electrons. The Kier molecular flexibility index (Phi) is 6.71. The van der Waals surface area contributed by atoms with Gasteiger partial charge in [0.15, 0.2) is 5.78 Å². The molecule has 1 aromatic heterocycles. The van der Waals surface area contributed by atoms with Gasteiger partial charge in [-0.3, -0.25) is 19.2 Å². The summed E-state index contributed by atoms with van der Waals surface area (Å²) < 4.78 is 5.75. The number of ether oxygens (including phenoxy) is 1. The number of carbonyl (C=O) groups is 4. The molecule has 1 amide bonds. The van der Waals surface area contributed by atoms with E-state index in [0.29, 0.717) is 55.8 Å². The normalized spacial score (nSPS) is 17.3. The molecule has 1 unspecified atom stereocenters. The first-order valence-corrected chi connectivity index (χ1v) is 12.1. The largest absolute Gasteiger partial charge is 0.439 e. The van der Waals surface area contributed by atoms with Crippen LogP contribution in [0.15, 0.2) is 66.9 Å². The van der Waals surface area contributed by atoms with Crippen LogP contribution in [0.3, 0.4) is 0 Å². The van der Waals surface area contributed by atoms with E-state index in [1.165, 1.54) is 0 Å². The molecular weight excluding hydrogens is 456 g/mol. The maximum absolute atomic E-state index is 12.9. The summed E-state index contributed by atoms with van der Waals surface area (Å²) in [5.74, 6) is 0.852. The Hall–Kier alpha value is -4.13. The number of aromatic nitrogens is 1. The number of pyridine rings is 1. The van der Waals surface area contributed by atoms with Gasteiger partial charge in [0.05, 0.1) is 12.5 Å². The lowest BCUT2D eigenvalue weighted by molar-refractivity contribution is -0.133. The number of ketones is 3. The Morgan fingerprint density at radius 1 is 1.00 bits per heavy atom. The van der Waals surface area contributed by atoms with Gasteiger partial charge in [0, 0.05) is 43.6 Å². The van der Waals surface area contributed by atoms with Crippen LogP contribution >= 0.6 is 0 Å². The summed E-state index contributed by atoms with van der Waals surface area (Å²) in [7, 11) is 0. The Balaban J connectivity index is 1.17. The van der Waals surface area contributed by atoms with Crippen LogP contribution in [-0.2, 0) is 33.8 Å². The van der Waals surface area contributed by atoms with Gasteiger partial charge in [-0.1, -0.05) is 30.3 Å². The third kappa shape index (κ3) is 5.25. The molecule has 1 aliphatic carbocycles. The monoisotopic (exact) mass is 482 g/mol. The molecule has 0 bridgehead atoms. The fraction of sp³-hybridized carbons (Fsp3) is 0.276. The molecule has 7 nitrogen and oxygen atoms in total. The number of Topliss-reactive ketones (excluding diaryl/α,β-unsaturated/α-hetero) is 3. The molecule has 36 heavy (non-hydrogen) atoms. The van der Waals surface area contributed by atoms with Crippen molar-refractivity contribution in [2.75, 3.05) is 0 Å². The van der Waals surface area contributed by atoms with E-state index in [2.05, 4.69) is 4.98 Å². The quantitative estimate of drug-likeness (QED) is 0.445. The number of rotatable bonds is 8. The number of carbonyl (C=O) groups excluding carboxylic acids is 4. The van der Waals surface area contributed by atoms with Crippen molar-refractivity contribution in [1.82, 2.24) is 9.88 Å². The third-order valence-corrected chi connectivity index (χ3v) is 6.67. The molecule has 1 atom stereocenters. The Morgan fingerprint density at radius 2 is 1.89 bits per heavy atom. The summed E-state index contributed by atoms with van der Waals surface area (Å²) in [4.78, 5) is 55.2. The lowest BCUT2D eigenvalue weighted by Crippen LogP contribution is -2.44. The van der Waals surface area contributed by atoms with Gasteiger partial charge in [-0.25, -0.2) is 4.98 Å². The molecule has 0 N–H and O–H groups in total. The average Bonchev–Trinajstić information content (AvgIpc) is 3.19. The molecular formula is C29H26N2O5. The van der Waals surface area contributed by atoms with Crippen LogP contribution in [0.5, 0.6) is 11.6 Å². The summed E-state index contributed by atoms with van der Waals surface area (Å²) in [6.07, 6.45) is 3.56. The Morgan fingerprint density at radius 3 is 2.69 bits per heavy atom. The standard InChI is InChI=1S/C29H26N2O5/c32-22(15-20-4-3-5-24(16-20)36-28-6-1-2-13-30-28)9-7-19-8-11-25-21(14-19)18-31(29(25)35)26-12-10-23(33)17-27(26)34/h1-6,8,11,13-14,16,26H,7,9-10,12,15,17-18H2. The molecule has 7 heteroatoms. The maximum atomic E-state index is 12.9. The van der Waals surface area contributed by atoms with Crippen molar-refractivity contribution in [2.24, 2.45) is 0 Å². The molecule has 0 saturated heterocycles. The van der Waals surface area contributed by atoms with E-state index in [1.807, 2.05) is 48.5 Å². The zero-order chi connectivity index (χ0) is 25.1. The molecule has 182 valence electrons. The van der Waals surface area contributed by atoms with Crippen LogP contribution in [0.4, 0.5) is 0 Å². The molecule has 1 fully saturated rings. The number of hydrogen-bond acceptors (Lipinski definition) is 6. The fourth-order valence-electron chi connectivity index (χ4n) is 4.84. The highest BCUT2D eigenvalue weighted by Gasteiger charge is 2.38. The van der Waals surface area contributed by atoms with Crippen molar-refractivity contribution in [3.05, 3.63) is 89.1 Å². The zero-order valence-electron chi connectivity index (χ0n) is 19.8. The third-order valence-electron chi connectivity index (χ3n) is 6.67. The second kappa shape index (κ2) is 10.2. The van der Waals surface area contributed by atoms with Gasteiger partial charge >= 0.3 is 0 Å². The van der Waals surface area contributed by atoms with E-state index in [4.69, 9.17) is 4.74 Å². The van der Waals surface area contributed by atoms with E-state index >= 15 is 0 Å². The smallest absolute Gasteiger partial charge is 0.255 e. The van der Waals surface area contributed by atoms with Crippen molar-refractivity contribution >= 4 is 23.3 Å². The van der Waals surface area contributed by atoms with Crippen LogP contribution in [0.25, 0.3) is 0 Å². The first kappa shape index (κ1) is 23.6. The SMILES string of the molecule is O=C1CCC(N2Cc3cc(CCC(=O)Cc4cccc(Oc5ccccn5)c4)ccc3C2=O)C(=O)C1. The predicted molar refractivity (Wildman–Crippen MR) is 132 cm³/mol. The van der Waals surface area contributed by atoms with Gasteiger partial charge in [0.1, 0.15) is 17.3 Å². The lowest BCUT2D eigenvalue weighted by Gasteiger charge is -2.29. The second-order valence-electron chi connectivity index (χ2n) is 9.29. The predicted octanol–water partition coefficient (Wildman–Crippen LogP) is 4.26. The van der Waals surface area contributed by atoms with Crippen molar-refractivity contribution in [2.45, 2.75) is 51.1 Å². The van der Waals surface area contributed by atoms with Crippen molar-refractivity contribution in [1.29, 1.82) is 0 Å². The summed E-state index contributed by atoms with van der Waals surface area (Å²) in [5.41, 5.74) is 3.32. The number of aryl methyl sites for hydroxylation is 1. The molecule has 2 aromatic carbocycles. The van der Waals surface area contributed by atoms with Crippen LogP contribution in [0.2, 0.25) is 0 Å². The van der Waals surface area contributed by atoms with Gasteiger partial charge in [-0.2, -0.15) is 0 Å². The zero-order valence-corrected chi connectivity index (χ0v) is 19.8. The number of benzene rings is 2. The van der Waals surface area contributed by atoms with Crippen LogP contribution in [0.1, 0.15) is 52.7 Å². The molecule has 1 saturated carbocycles. The highest BCUT2D eigenvalue weighted by molar-refractivity contribution is 6.07. The first-order valence-electron chi connectivity index (χ1n) is 12.1. The molecule has 5 rings (SSSR count). The summed E-state index contributed by atoms with van der Waals surface area (Å²) >= 11 is 0. The minimum atomic E-state index is -0.523. The van der Waals surface area contributed by atoms with Gasteiger partial charge in [0.2, 0.25) is 5.88 Å². The summed E-state index contributed by atoms with van der Waals surface area (Å²) in [5, 5.41) is 0. The lowest BCUT2D eigenvalue weighted by atomic mass is 9.92. The molecule has 1 aliphatic heterocycles. The number of nitrogens with zero attached hydrogens (tertiary/aromatic N) is 2. The number of fused-ring (bicyclic) bond motifs is 1. The Bertz CT molecular complexity index is 1330. The van der Waals surface area contributed by atoms with Crippen molar-refractivity contribution in [3.8, 4) is 11.6 Å². The molecule has 3 aromatic rings. The van der Waals surface area contributed by atoms with Gasteiger partial charge < -0.3 is 9.64 Å². The van der Waals surface area contributed by atoms with Gasteiger partial charge in [-0.05, 0) is 53.8 Å². The maximum Gasteiger partial charge on any atom is 0.255 e. The Labute approximate surface area is 209 Å². The molecule has 0 spiro atoms. The summed E-state index contributed by atoms with van der Waals surface area (Å²) in [6.45, 7) is 0.365. The van der Waals surface area contributed by atoms with E-state index in [-0.39, 0.29) is 29.7 Å². The number of hydrogen-bond donors (Lipinski definition) is 0. The van der Waals surface area contributed by atoms with E-state index in [9.17, 15) is 19.2 Å². The summed E-state index contributed by atoms with van der Waals surface area (Å²) in [6, 6.07) is 18.0.